The smallest absolute Gasteiger partial charge is 0.407 e. The first-order valence-electron chi connectivity index (χ1n) is 23.2. The highest BCUT2D eigenvalue weighted by Crippen LogP contribution is 2.44. The van der Waals surface area contributed by atoms with Gasteiger partial charge in [0.05, 0.1) is 50.1 Å². The van der Waals surface area contributed by atoms with Crippen LogP contribution in [0.5, 0.6) is 5.75 Å². The highest BCUT2D eigenvalue weighted by molar-refractivity contribution is 5.98. The molecule has 346 valence electrons. The first kappa shape index (κ1) is 43.4. The van der Waals surface area contributed by atoms with E-state index in [9.17, 15) is 19.2 Å². The average molecular weight is 901 g/mol. The number of hydrogen-bond donors (Lipinski definition) is 4. The van der Waals surface area contributed by atoms with Crippen LogP contribution in [0.4, 0.5) is 9.59 Å². The summed E-state index contributed by atoms with van der Waals surface area (Å²) in [4.78, 5) is 73.1. The van der Waals surface area contributed by atoms with Crippen molar-refractivity contribution in [2.24, 2.45) is 11.8 Å². The number of hydrogen-bond acceptors (Lipinski definition) is 11. The molecule has 4 fully saturated rings. The number of methoxy groups -OCH3 is 2. The fourth-order valence-corrected chi connectivity index (χ4v) is 10.7. The minimum atomic E-state index is -0.696. The molecular formula is C49H56N8O9. The Morgan fingerprint density at radius 3 is 1.73 bits per heavy atom. The summed E-state index contributed by atoms with van der Waals surface area (Å²) in [7, 11) is 2.62. The molecule has 0 bridgehead atoms. The number of amides is 4. The third-order valence-electron chi connectivity index (χ3n) is 14.2. The largest absolute Gasteiger partial charge is 0.488 e. The van der Waals surface area contributed by atoms with E-state index >= 15 is 0 Å². The minimum Gasteiger partial charge on any atom is -0.488 e. The van der Waals surface area contributed by atoms with Crippen LogP contribution in [0.2, 0.25) is 0 Å². The van der Waals surface area contributed by atoms with Crippen LogP contribution < -0.4 is 15.4 Å². The molecule has 3 aromatic carbocycles. The standard InChI is InChI=1S/C49H56N8O9/c1-62-48(60)54-41(28-13-19-64-20-14-28)46(58)56-17-3-5-39(56)44-50-25-37(52-44)31-9-11-35-30(23-31)7-12-36-34-10-8-32(24-33(34)27-66-43(35)36)38-26-51-45(53-38)40-6-4-18-57(40)47(59)42(55-49(61)63-2)29-15-21-65-22-16-29/h7-12,23-26,28-29,39-42H,3-6,13-22,27H2,1-2H3,(H,50,52)(H,51,53)(H,54,60)(H,55,61)/t39-,40-,41?,42-/m0/s1. The van der Waals surface area contributed by atoms with Gasteiger partial charge < -0.3 is 54.1 Å². The van der Waals surface area contributed by atoms with Crippen LogP contribution in [0.15, 0.2) is 60.9 Å². The maximum atomic E-state index is 14.1. The number of fused-ring (bicyclic) bond motifs is 5. The Balaban J connectivity index is 0.840. The van der Waals surface area contributed by atoms with E-state index in [0.717, 1.165) is 93.1 Å². The summed E-state index contributed by atoms with van der Waals surface area (Å²) in [5.74, 6) is 1.95. The molecule has 17 nitrogen and oxygen atoms in total. The summed E-state index contributed by atoms with van der Waals surface area (Å²) in [5.41, 5.74) is 6.80. The number of likely N-dealkylation sites (tertiary alicyclic amines) is 2. The number of nitrogens with zero attached hydrogens (tertiary/aromatic N) is 4. The monoisotopic (exact) mass is 900 g/mol. The van der Waals surface area contributed by atoms with Crippen molar-refractivity contribution in [3.05, 3.63) is 78.1 Å². The number of aromatic amines is 2. The molecule has 10 rings (SSSR count). The van der Waals surface area contributed by atoms with Crippen molar-refractivity contribution in [2.45, 2.75) is 82.1 Å². The van der Waals surface area contributed by atoms with E-state index < -0.39 is 24.3 Å². The Hall–Kier alpha value is -6.46. The fourth-order valence-electron chi connectivity index (χ4n) is 10.7. The fraction of sp³-hybridized carbons (Fsp3) is 0.469. The summed E-state index contributed by atoms with van der Waals surface area (Å²) >= 11 is 0. The zero-order valence-corrected chi connectivity index (χ0v) is 37.3. The topological polar surface area (TPSA) is 202 Å². The van der Waals surface area contributed by atoms with Crippen LogP contribution >= 0.6 is 0 Å². The third kappa shape index (κ3) is 8.45. The summed E-state index contributed by atoms with van der Waals surface area (Å²) in [5, 5.41) is 7.68. The molecule has 1 unspecified atom stereocenters. The lowest BCUT2D eigenvalue weighted by atomic mass is 9.90. The number of carbonyl (C=O) groups is 4. The molecule has 17 heteroatoms. The molecule has 66 heavy (non-hydrogen) atoms. The lowest BCUT2D eigenvalue weighted by Crippen LogP contribution is -2.53. The molecule has 4 saturated heterocycles. The lowest BCUT2D eigenvalue weighted by molar-refractivity contribution is -0.137. The molecule has 2 aromatic heterocycles. The predicted octanol–water partition coefficient (Wildman–Crippen LogP) is 6.81. The first-order valence-corrected chi connectivity index (χ1v) is 23.2. The van der Waals surface area contributed by atoms with Gasteiger partial charge in [-0.25, -0.2) is 19.6 Å². The molecule has 4 atom stereocenters. The molecule has 4 N–H and O–H groups in total. The van der Waals surface area contributed by atoms with E-state index in [1.165, 1.54) is 14.2 Å². The molecule has 4 amide bonds. The van der Waals surface area contributed by atoms with Crippen molar-refractivity contribution in [1.29, 1.82) is 0 Å². The lowest BCUT2D eigenvalue weighted by Gasteiger charge is -2.34. The van der Waals surface area contributed by atoms with Gasteiger partial charge >= 0.3 is 12.2 Å². The SMILES string of the molecule is COC(=O)NC(C(=O)N1CCC[C@H]1c1ncc(-c2ccc3c4c(ccc3c2)-c2ccc(-c3cnc([C@@H]5CCCN5C(=O)[C@@H](NC(=O)OC)C5CCOCC5)[nH]3)cc2CO4)[nH]1)C1CCOCC1. The number of alkyl carbamates (subject to hydrolysis) is 2. The van der Waals surface area contributed by atoms with Gasteiger partial charge in [-0.05, 0) is 103 Å². The van der Waals surface area contributed by atoms with Crippen molar-refractivity contribution >= 4 is 34.8 Å². The number of H-pyrrole nitrogens is 2. The maximum Gasteiger partial charge on any atom is 0.407 e. The molecule has 0 spiro atoms. The van der Waals surface area contributed by atoms with Gasteiger partial charge in [0.25, 0.3) is 0 Å². The van der Waals surface area contributed by atoms with E-state index in [2.05, 4.69) is 69.1 Å². The van der Waals surface area contributed by atoms with E-state index in [4.69, 9.17) is 33.7 Å². The third-order valence-corrected chi connectivity index (χ3v) is 14.2. The Labute approximate surface area is 382 Å². The van der Waals surface area contributed by atoms with Crippen LogP contribution in [0.25, 0.3) is 44.4 Å². The number of imidazole rings is 2. The van der Waals surface area contributed by atoms with Crippen molar-refractivity contribution in [2.75, 3.05) is 53.7 Å². The van der Waals surface area contributed by atoms with Crippen LogP contribution in [-0.2, 0) is 35.1 Å². The van der Waals surface area contributed by atoms with Gasteiger partial charge in [0.1, 0.15) is 36.1 Å². The highest BCUT2D eigenvalue weighted by Gasteiger charge is 2.42. The van der Waals surface area contributed by atoms with Gasteiger partial charge in [-0.15, -0.1) is 0 Å². The van der Waals surface area contributed by atoms with Gasteiger partial charge in [-0.3, -0.25) is 9.59 Å². The molecular weight excluding hydrogens is 845 g/mol. The highest BCUT2D eigenvalue weighted by atomic mass is 16.5. The van der Waals surface area contributed by atoms with Crippen LogP contribution in [0.3, 0.4) is 0 Å². The van der Waals surface area contributed by atoms with Gasteiger partial charge in [-0.2, -0.15) is 0 Å². The average Bonchev–Trinajstić information content (AvgIpc) is 4.22. The molecule has 5 aliphatic heterocycles. The second kappa shape index (κ2) is 18.8. The van der Waals surface area contributed by atoms with E-state index in [0.29, 0.717) is 71.8 Å². The number of nitrogens with one attached hydrogen (secondary N) is 4. The van der Waals surface area contributed by atoms with Gasteiger partial charge in [0.15, 0.2) is 0 Å². The number of ether oxygens (including phenoxy) is 5. The quantitative estimate of drug-likeness (QED) is 0.115. The predicted molar refractivity (Wildman–Crippen MR) is 242 cm³/mol. The second-order valence-electron chi connectivity index (χ2n) is 17.9. The number of aromatic nitrogens is 4. The Kier molecular flexibility index (Phi) is 12.4. The Morgan fingerprint density at radius 1 is 0.667 bits per heavy atom. The molecule has 5 aromatic rings. The molecule has 0 saturated carbocycles. The van der Waals surface area contributed by atoms with Gasteiger partial charge in [0.2, 0.25) is 11.8 Å². The number of rotatable bonds is 10. The Morgan fingerprint density at radius 2 is 1.18 bits per heavy atom. The minimum absolute atomic E-state index is 0.0376. The number of carbonyl (C=O) groups excluding carboxylic acids is 4. The van der Waals surface area contributed by atoms with Crippen LogP contribution in [0.1, 0.15) is 80.7 Å². The molecule has 5 aliphatic rings. The maximum absolute atomic E-state index is 14.1. The first-order chi connectivity index (χ1) is 32.3. The summed E-state index contributed by atoms with van der Waals surface area (Å²) in [6, 6.07) is 15.0. The zero-order chi connectivity index (χ0) is 45.3. The summed E-state index contributed by atoms with van der Waals surface area (Å²) < 4.78 is 27.4. The molecule has 7 heterocycles. The van der Waals surface area contributed by atoms with Crippen LogP contribution in [0, 0.1) is 11.8 Å². The van der Waals surface area contributed by atoms with Crippen molar-refractivity contribution in [3.8, 4) is 39.4 Å². The van der Waals surface area contributed by atoms with Crippen molar-refractivity contribution in [3.63, 3.8) is 0 Å². The molecule has 0 radical (unpaired) electrons. The van der Waals surface area contributed by atoms with Gasteiger partial charge in [0, 0.05) is 56.0 Å². The molecule has 0 aliphatic carbocycles. The van der Waals surface area contributed by atoms with E-state index in [1.54, 1.807) is 0 Å². The summed E-state index contributed by atoms with van der Waals surface area (Å²) in [6.45, 7) is 3.77. The normalized spacial score (nSPS) is 20.8. The zero-order valence-electron chi connectivity index (χ0n) is 37.3. The van der Waals surface area contributed by atoms with Crippen molar-refractivity contribution < 1.29 is 42.9 Å². The van der Waals surface area contributed by atoms with Crippen molar-refractivity contribution in [1.82, 2.24) is 40.4 Å². The Bertz CT molecular complexity index is 2620. The summed E-state index contributed by atoms with van der Waals surface area (Å²) in [6.07, 6.45) is 8.36. The second-order valence-corrected chi connectivity index (χ2v) is 17.9. The van der Waals surface area contributed by atoms with Gasteiger partial charge in [-0.1, -0.05) is 30.3 Å². The van der Waals surface area contributed by atoms with Crippen LogP contribution in [-0.4, -0.2) is 120 Å². The number of benzene rings is 3. The van der Waals surface area contributed by atoms with E-state index in [-0.39, 0.29) is 35.7 Å². The van der Waals surface area contributed by atoms with E-state index in [1.807, 2.05) is 22.2 Å².